The third-order valence-corrected chi connectivity index (χ3v) is 2.99. The molecular weight excluding hydrogens is 304 g/mol. The van der Waals surface area contributed by atoms with Crippen LogP contribution >= 0.6 is 15.9 Å². The molecule has 0 unspecified atom stereocenters. The molecule has 0 amide bonds. The van der Waals surface area contributed by atoms with Crippen LogP contribution in [-0.4, -0.2) is 4.98 Å². The van der Waals surface area contributed by atoms with Crippen molar-refractivity contribution >= 4 is 33.3 Å². The fourth-order valence-corrected chi connectivity index (χ4v) is 2.01. The molecule has 0 aliphatic rings. The molecule has 1 heterocycles. The van der Waals surface area contributed by atoms with Crippen LogP contribution in [0.1, 0.15) is 5.56 Å². The number of aryl methyl sites for hydroxylation is 1. The fourth-order valence-electron chi connectivity index (χ4n) is 1.42. The second kappa shape index (κ2) is 4.89. The van der Waals surface area contributed by atoms with Gasteiger partial charge in [-0.3, -0.25) is 0 Å². The van der Waals surface area contributed by atoms with Gasteiger partial charge in [0.25, 0.3) is 0 Å². The van der Waals surface area contributed by atoms with Crippen LogP contribution < -0.4 is 11.1 Å². The van der Waals surface area contributed by atoms with Gasteiger partial charge in [0, 0.05) is 10.5 Å². The van der Waals surface area contributed by atoms with Crippen molar-refractivity contribution in [1.29, 1.82) is 0 Å². The van der Waals surface area contributed by atoms with Crippen LogP contribution in [0, 0.1) is 18.6 Å². The maximum atomic E-state index is 13.5. The molecule has 0 bridgehead atoms. The molecule has 0 saturated heterocycles. The summed E-state index contributed by atoms with van der Waals surface area (Å²) in [7, 11) is 0. The Kier molecular flexibility index (Phi) is 3.47. The van der Waals surface area contributed by atoms with Crippen LogP contribution in [0.3, 0.4) is 0 Å². The van der Waals surface area contributed by atoms with E-state index < -0.39 is 11.6 Å². The number of pyridine rings is 1. The molecule has 1 aromatic carbocycles. The first-order valence-electron chi connectivity index (χ1n) is 5.12. The average molecular weight is 314 g/mol. The number of nitrogens with zero attached hydrogens (tertiary/aromatic N) is 1. The first-order chi connectivity index (χ1) is 8.47. The predicted molar refractivity (Wildman–Crippen MR) is 70.7 cm³/mol. The quantitative estimate of drug-likeness (QED) is 0.887. The Balaban J connectivity index is 2.37. The zero-order valence-electron chi connectivity index (χ0n) is 9.47. The molecule has 2 rings (SSSR count). The first-order valence-corrected chi connectivity index (χ1v) is 5.91. The molecule has 0 aliphatic heterocycles. The molecule has 18 heavy (non-hydrogen) atoms. The topological polar surface area (TPSA) is 50.9 Å². The highest BCUT2D eigenvalue weighted by Gasteiger charge is 2.11. The van der Waals surface area contributed by atoms with E-state index in [1.807, 2.05) is 19.1 Å². The Morgan fingerprint density at radius 2 is 1.94 bits per heavy atom. The summed E-state index contributed by atoms with van der Waals surface area (Å²) in [6.45, 7) is 1.93. The molecule has 6 heteroatoms. The van der Waals surface area contributed by atoms with Gasteiger partial charge >= 0.3 is 0 Å². The molecule has 0 atom stereocenters. The van der Waals surface area contributed by atoms with Crippen molar-refractivity contribution in [2.75, 3.05) is 11.1 Å². The van der Waals surface area contributed by atoms with Crippen LogP contribution in [0.5, 0.6) is 0 Å². The molecular formula is C12H10BrF2N3. The van der Waals surface area contributed by atoms with Gasteiger partial charge in [-0.25, -0.2) is 13.8 Å². The molecule has 3 nitrogen and oxygen atoms in total. The van der Waals surface area contributed by atoms with Gasteiger partial charge in [-0.05, 0) is 40.5 Å². The van der Waals surface area contributed by atoms with Crippen molar-refractivity contribution in [3.05, 3.63) is 45.9 Å². The molecule has 0 radical (unpaired) electrons. The van der Waals surface area contributed by atoms with Crippen molar-refractivity contribution in [2.45, 2.75) is 6.92 Å². The SMILES string of the molecule is Cc1ccc(Nc2nc(N)c(F)cc2F)c(Br)c1. The van der Waals surface area contributed by atoms with E-state index in [9.17, 15) is 8.78 Å². The maximum Gasteiger partial charge on any atom is 0.169 e. The van der Waals surface area contributed by atoms with E-state index in [1.165, 1.54) is 0 Å². The number of aromatic nitrogens is 1. The zero-order valence-corrected chi connectivity index (χ0v) is 11.1. The number of hydrogen-bond acceptors (Lipinski definition) is 3. The van der Waals surface area contributed by atoms with Gasteiger partial charge in [0.2, 0.25) is 0 Å². The number of anilines is 3. The van der Waals surface area contributed by atoms with Gasteiger partial charge in [0.05, 0.1) is 5.69 Å². The smallest absolute Gasteiger partial charge is 0.169 e. The third kappa shape index (κ3) is 2.59. The van der Waals surface area contributed by atoms with E-state index in [0.29, 0.717) is 11.8 Å². The summed E-state index contributed by atoms with van der Waals surface area (Å²) in [4.78, 5) is 3.63. The van der Waals surface area contributed by atoms with Crippen LogP contribution in [-0.2, 0) is 0 Å². The van der Waals surface area contributed by atoms with E-state index in [0.717, 1.165) is 10.0 Å². The molecule has 0 fully saturated rings. The molecule has 94 valence electrons. The molecule has 1 aromatic heterocycles. The lowest BCUT2D eigenvalue weighted by Gasteiger charge is -2.10. The largest absolute Gasteiger partial charge is 0.381 e. The Morgan fingerprint density at radius 1 is 1.22 bits per heavy atom. The Labute approximate surface area is 111 Å². The lowest BCUT2D eigenvalue weighted by Crippen LogP contribution is -2.03. The van der Waals surface area contributed by atoms with E-state index in [2.05, 4.69) is 26.2 Å². The van der Waals surface area contributed by atoms with Crippen LogP contribution in [0.15, 0.2) is 28.7 Å². The number of benzene rings is 1. The van der Waals surface area contributed by atoms with E-state index >= 15 is 0 Å². The molecule has 2 aromatic rings. The second-order valence-electron chi connectivity index (χ2n) is 3.79. The second-order valence-corrected chi connectivity index (χ2v) is 4.65. The Bertz CT molecular complexity index is 602. The number of nitrogens with two attached hydrogens (primary N) is 1. The number of halogens is 3. The zero-order chi connectivity index (χ0) is 13.3. The predicted octanol–water partition coefficient (Wildman–Crippen LogP) is 3.76. The lowest BCUT2D eigenvalue weighted by molar-refractivity contribution is 0.581. The van der Waals surface area contributed by atoms with Crippen molar-refractivity contribution in [2.24, 2.45) is 0 Å². The van der Waals surface area contributed by atoms with Crippen molar-refractivity contribution in [1.82, 2.24) is 4.98 Å². The summed E-state index contributed by atoms with van der Waals surface area (Å²) in [6, 6.07) is 6.19. The van der Waals surface area contributed by atoms with Gasteiger partial charge in [0.15, 0.2) is 23.3 Å². The number of nitrogen functional groups attached to an aromatic ring is 1. The van der Waals surface area contributed by atoms with Gasteiger partial charge in [-0.2, -0.15) is 0 Å². The fraction of sp³-hybridized carbons (Fsp3) is 0.0833. The minimum absolute atomic E-state index is 0.113. The summed E-state index contributed by atoms with van der Waals surface area (Å²) in [5, 5.41) is 2.76. The van der Waals surface area contributed by atoms with Gasteiger partial charge in [-0.1, -0.05) is 6.07 Å². The summed E-state index contributed by atoms with van der Waals surface area (Å²) >= 11 is 3.34. The van der Waals surface area contributed by atoms with E-state index in [-0.39, 0.29) is 11.6 Å². The minimum atomic E-state index is -0.874. The Hall–Kier alpha value is -1.69. The van der Waals surface area contributed by atoms with Gasteiger partial charge < -0.3 is 11.1 Å². The highest BCUT2D eigenvalue weighted by molar-refractivity contribution is 9.10. The minimum Gasteiger partial charge on any atom is -0.381 e. The highest BCUT2D eigenvalue weighted by atomic mass is 79.9. The van der Waals surface area contributed by atoms with E-state index in [4.69, 9.17) is 5.73 Å². The van der Waals surface area contributed by atoms with Gasteiger partial charge in [-0.15, -0.1) is 0 Å². The normalized spacial score (nSPS) is 10.4. The van der Waals surface area contributed by atoms with Crippen LogP contribution in [0.4, 0.5) is 26.1 Å². The van der Waals surface area contributed by atoms with Crippen molar-refractivity contribution < 1.29 is 8.78 Å². The molecule has 0 aliphatic carbocycles. The average Bonchev–Trinajstić information content (AvgIpc) is 2.29. The first kappa shape index (κ1) is 12.8. The number of hydrogen-bond donors (Lipinski definition) is 2. The van der Waals surface area contributed by atoms with Crippen LogP contribution in [0.25, 0.3) is 0 Å². The number of rotatable bonds is 2. The maximum absolute atomic E-state index is 13.5. The summed E-state index contributed by atoms with van der Waals surface area (Å²) in [5.41, 5.74) is 6.98. The standard InChI is InChI=1S/C12H10BrF2N3/c1-6-2-3-10(7(13)4-6)17-12-9(15)5-8(14)11(16)18-12/h2-5H,1H3,(H3,16,17,18). The monoisotopic (exact) mass is 313 g/mol. The summed E-state index contributed by atoms with van der Waals surface area (Å²) < 4.78 is 27.2. The summed E-state index contributed by atoms with van der Waals surface area (Å²) in [6.07, 6.45) is 0. The van der Waals surface area contributed by atoms with E-state index in [1.54, 1.807) is 6.07 Å². The van der Waals surface area contributed by atoms with Gasteiger partial charge in [0.1, 0.15) is 0 Å². The molecule has 3 N–H and O–H groups in total. The molecule has 0 saturated carbocycles. The van der Waals surface area contributed by atoms with Crippen LogP contribution in [0.2, 0.25) is 0 Å². The lowest BCUT2D eigenvalue weighted by atomic mass is 10.2. The third-order valence-electron chi connectivity index (χ3n) is 2.33. The highest BCUT2D eigenvalue weighted by Crippen LogP contribution is 2.28. The summed E-state index contributed by atoms with van der Waals surface area (Å²) in [5.74, 6) is -2.13. The molecule has 0 spiro atoms. The Morgan fingerprint density at radius 3 is 2.61 bits per heavy atom. The van der Waals surface area contributed by atoms with Crippen molar-refractivity contribution in [3.63, 3.8) is 0 Å². The number of nitrogens with one attached hydrogen (secondary N) is 1. The van der Waals surface area contributed by atoms with Crippen molar-refractivity contribution in [3.8, 4) is 0 Å².